The van der Waals surface area contributed by atoms with Crippen molar-refractivity contribution in [3.63, 3.8) is 0 Å². The Morgan fingerprint density at radius 1 is 1.23 bits per heavy atom. The predicted octanol–water partition coefficient (Wildman–Crippen LogP) is 4.74. The molecule has 4 nitrogen and oxygen atoms in total. The third-order valence-electron chi connectivity index (χ3n) is 4.72. The number of allylic oxidation sites excluding steroid dienone is 1. The molecule has 2 aromatic rings. The summed E-state index contributed by atoms with van der Waals surface area (Å²) in [6, 6.07) is 11.8. The van der Waals surface area contributed by atoms with Gasteiger partial charge in [-0.15, -0.1) is 0 Å². The first-order chi connectivity index (χ1) is 12.6. The number of carbonyl (C=O) groups is 1. The Kier molecular flexibility index (Phi) is 4.29. The van der Waals surface area contributed by atoms with Gasteiger partial charge in [0.2, 0.25) is 0 Å². The predicted molar refractivity (Wildman–Crippen MR) is 105 cm³/mol. The van der Waals surface area contributed by atoms with Crippen LogP contribution in [-0.2, 0) is 16.1 Å². The van der Waals surface area contributed by atoms with Crippen LogP contribution < -0.4 is 5.32 Å². The summed E-state index contributed by atoms with van der Waals surface area (Å²) < 4.78 is 0. The molecule has 0 saturated carbocycles. The molecule has 0 atom stereocenters. The molecular formula is C21H19ClN2O2. The van der Waals surface area contributed by atoms with E-state index in [4.69, 9.17) is 16.4 Å². The standard InChI is InChI=1S/C21H19ClN2O2/c1-3-8-26-24-20-14-7-5-4-6-13(14)10-16(20)19-15-11-17(22)12(2)9-18(15)23-21(19)25/h4-7,9,11H,3,8,10H2,1-2H3,(H,23,25)/b19-16+,24-20?. The maximum absolute atomic E-state index is 12.8. The van der Waals surface area contributed by atoms with Gasteiger partial charge in [-0.25, -0.2) is 0 Å². The van der Waals surface area contributed by atoms with Crippen molar-refractivity contribution in [1.29, 1.82) is 0 Å². The normalized spacial score (nSPS) is 19.5. The molecule has 0 radical (unpaired) electrons. The van der Waals surface area contributed by atoms with Crippen molar-refractivity contribution in [2.45, 2.75) is 26.7 Å². The van der Waals surface area contributed by atoms with Gasteiger partial charge in [0.15, 0.2) is 0 Å². The number of fused-ring (bicyclic) bond motifs is 2. The molecule has 1 amide bonds. The molecule has 1 heterocycles. The molecule has 2 aliphatic rings. The second-order valence-electron chi connectivity index (χ2n) is 6.56. The highest BCUT2D eigenvalue weighted by molar-refractivity contribution is 6.39. The second kappa shape index (κ2) is 6.61. The Bertz CT molecular complexity index is 976. The number of rotatable bonds is 3. The summed E-state index contributed by atoms with van der Waals surface area (Å²) in [6.45, 7) is 4.51. The molecule has 1 N–H and O–H groups in total. The number of oxime groups is 1. The van der Waals surface area contributed by atoms with E-state index in [2.05, 4.69) is 16.5 Å². The summed E-state index contributed by atoms with van der Waals surface area (Å²) in [5, 5.41) is 7.98. The van der Waals surface area contributed by atoms with Crippen molar-refractivity contribution in [2.24, 2.45) is 5.16 Å². The first-order valence-corrected chi connectivity index (χ1v) is 9.11. The fourth-order valence-corrected chi connectivity index (χ4v) is 3.62. The fourth-order valence-electron chi connectivity index (χ4n) is 3.45. The van der Waals surface area contributed by atoms with Crippen molar-refractivity contribution in [3.8, 4) is 0 Å². The molecule has 132 valence electrons. The second-order valence-corrected chi connectivity index (χ2v) is 6.97. The van der Waals surface area contributed by atoms with E-state index in [1.165, 1.54) is 0 Å². The van der Waals surface area contributed by atoms with Gasteiger partial charge >= 0.3 is 0 Å². The molecule has 0 unspecified atom stereocenters. The maximum Gasteiger partial charge on any atom is 0.256 e. The van der Waals surface area contributed by atoms with Crippen LogP contribution in [0.15, 0.2) is 47.1 Å². The lowest BCUT2D eigenvalue weighted by molar-refractivity contribution is -0.110. The van der Waals surface area contributed by atoms with Crippen molar-refractivity contribution in [3.05, 3.63) is 69.2 Å². The number of amides is 1. The van der Waals surface area contributed by atoms with E-state index < -0.39 is 0 Å². The van der Waals surface area contributed by atoms with E-state index in [0.29, 0.717) is 23.6 Å². The van der Waals surface area contributed by atoms with E-state index in [9.17, 15) is 4.79 Å². The molecule has 0 bridgehead atoms. The smallest absolute Gasteiger partial charge is 0.256 e. The minimum atomic E-state index is -0.118. The van der Waals surface area contributed by atoms with Crippen LogP contribution in [0.1, 0.15) is 35.6 Å². The lowest BCUT2D eigenvalue weighted by atomic mass is 9.97. The van der Waals surface area contributed by atoms with Gasteiger partial charge in [0, 0.05) is 28.3 Å². The Morgan fingerprint density at radius 3 is 2.85 bits per heavy atom. The zero-order valence-electron chi connectivity index (χ0n) is 14.7. The fraction of sp³-hybridized carbons (Fsp3) is 0.238. The first-order valence-electron chi connectivity index (χ1n) is 8.73. The number of anilines is 1. The monoisotopic (exact) mass is 366 g/mol. The molecule has 26 heavy (non-hydrogen) atoms. The van der Waals surface area contributed by atoms with Crippen LogP contribution in [0, 0.1) is 6.92 Å². The van der Waals surface area contributed by atoms with Crippen molar-refractivity contribution in [2.75, 3.05) is 11.9 Å². The summed E-state index contributed by atoms with van der Waals surface area (Å²) in [4.78, 5) is 18.2. The van der Waals surface area contributed by atoms with E-state index in [1.54, 1.807) is 0 Å². The summed E-state index contributed by atoms with van der Waals surface area (Å²) >= 11 is 6.32. The van der Waals surface area contributed by atoms with Gasteiger partial charge in [-0.05, 0) is 42.2 Å². The number of benzene rings is 2. The number of halogens is 1. The van der Waals surface area contributed by atoms with Gasteiger partial charge in [-0.3, -0.25) is 4.79 Å². The molecule has 1 aliphatic heterocycles. The minimum absolute atomic E-state index is 0.118. The van der Waals surface area contributed by atoms with Crippen LogP contribution in [0.2, 0.25) is 5.02 Å². The van der Waals surface area contributed by atoms with Gasteiger partial charge in [0.05, 0.1) is 5.57 Å². The van der Waals surface area contributed by atoms with Crippen molar-refractivity contribution < 1.29 is 9.63 Å². The van der Waals surface area contributed by atoms with Gasteiger partial charge in [-0.1, -0.05) is 47.9 Å². The van der Waals surface area contributed by atoms with Crippen LogP contribution in [0.25, 0.3) is 5.57 Å². The highest BCUT2D eigenvalue weighted by Crippen LogP contribution is 2.41. The summed E-state index contributed by atoms with van der Waals surface area (Å²) in [5.41, 5.74) is 6.99. The third kappa shape index (κ3) is 2.71. The number of nitrogens with zero attached hydrogens (tertiary/aromatic N) is 1. The molecule has 2 aromatic carbocycles. The first kappa shape index (κ1) is 16.9. The average molecular weight is 367 g/mol. The van der Waals surface area contributed by atoms with E-state index in [1.807, 2.05) is 44.2 Å². The highest BCUT2D eigenvalue weighted by atomic mass is 35.5. The molecule has 0 fully saturated rings. The van der Waals surface area contributed by atoms with Crippen LogP contribution in [0.3, 0.4) is 0 Å². The molecule has 0 spiro atoms. The molecule has 4 rings (SSSR count). The largest absolute Gasteiger partial charge is 0.395 e. The number of aryl methyl sites for hydroxylation is 1. The number of hydrogen-bond donors (Lipinski definition) is 1. The van der Waals surface area contributed by atoms with E-state index in [0.717, 1.165) is 45.6 Å². The lowest BCUT2D eigenvalue weighted by Gasteiger charge is -2.07. The van der Waals surface area contributed by atoms with E-state index >= 15 is 0 Å². The Balaban J connectivity index is 1.90. The number of nitrogens with one attached hydrogen (secondary N) is 1. The summed E-state index contributed by atoms with van der Waals surface area (Å²) in [7, 11) is 0. The number of hydrogen-bond acceptors (Lipinski definition) is 3. The molecule has 0 saturated heterocycles. The quantitative estimate of drug-likeness (QED) is 0.484. The van der Waals surface area contributed by atoms with Gasteiger partial charge in [0.1, 0.15) is 12.3 Å². The highest BCUT2D eigenvalue weighted by Gasteiger charge is 2.34. The SMILES string of the molecule is CCCON=C1/C(=C2/C(=O)Nc3cc(C)c(Cl)cc32)Cc2ccccc21. The Labute approximate surface area is 157 Å². The molecule has 5 heteroatoms. The van der Waals surface area contributed by atoms with Gasteiger partial charge < -0.3 is 10.2 Å². The van der Waals surface area contributed by atoms with Crippen molar-refractivity contribution >= 4 is 34.5 Å². The molecule has 0 aromatic heterocycles. The molecular weight excluding hydrogens is 348 g/mol. The third-order valence-corrected chi connectivity index (χ3v) is 5.13. The summed E-state index contributed by atoms with van der Waals surface area (Å²) in [6.07, 6.45) is 1.53. The van der Waals surface area contributed by atoms with Crippen LogP contribution >= 0.6 is 11.6 Å². The van der Waals surface area contributed by atoms with Crippen LogP contribution in [0.5, 0.6) is 0 Å². The van der Waals surface area contributed by atoms with Crippen molar-refractivity contribution in [1.82, 2.24) is 0 Å². The zero-order valence-corrected chi connectivity index (χ0v) is 15.5. The summed E-state index contributed by atoms with van der Waals surface area (Å²) in [5.74, 6) is -0.118. The van der Waals surface area contributed by atoms with Crippen LogP contribution in [0.4, 0.5) is 5.69 Å². The maximum atomic E-state index is 12.8. The topological polar surface area (TPSA) is 50.7 Å². The molecule has 1 aliphatic carbocycles. The Hall–Kier alpha value is -2.59. The van der Waals surface area contributed by atoms with Crippen LogP contribution in [-0.4, -0.2) is 18.2 Å². The van der Waals surface area contributed by atoms with Gasteiger partial charge in [0.25, 0.3) is 5.91 Å². The Morgan fingerprint density at radius 2 is 2.04 bits per heavy atom. The zero-order chi connectivity index (χ0) is 18.3. The number of carbonyl (C=O) groups excluding carboxylic acids is 1. The minimum Gasteiger partial charge on any atom is -0.395 e. The van der Waals surface area contributed by atoms with Gasteiger partial charge in [-0.2, -0.15) is 0 Å². The lowest BCUT2D eigenvalue weighted by Crippen LogP contribution is -2.10. The average Bonchev–Trinajstić information content (AvgIpc) is 3.12. The van der Waals surface area contributed by atoms with E-state index in [-0.39, 0.29) is 5.91 Å².